The van der Waals surface area contributed by atoms with Gasteiger partial charge in [0.25, 0.3) is 0 Å². The highest BCUT2D eigenvalue weighted by Crippen LogP contribution is 2.25. The minimum Gasteiger partial charge on any atom is -0.354 e. The number of amides is 2. The molecule has 34 heavy (non-hydrogen) atoms. The molecule has 0 aromatic heterocycles. The van der Waals surface area contributed by atoms with E-state index in [0.717, 1.165) is 12.3 Å². The van der Waals surface area contributed by atoms with E-state index in [9.17, 15) is 22.4 Å². The number of nitrogens with one attached hydrogen (secondary N) is 1. The smallest absolute Gasteiger partial charge is 0.244 e. The Morgan fingerprint density at radius 1 is 1.12 bits per heavy atom. The SMILES string of the molecule is CCCNC(=O)[C@@H](CC)N(Cc1ccc(Cl)cc1Cl)C(=O)CN(c1ccccc1F)S(C)(=O)=O. The third-order valence-corrected chi connectivity index (χ3v) is 6.80. The Hall–Kier alpha value is -2.36. The number of halogens is 3. The van der Waals surface area contributed by atoms with Gasteiger partial charge in [0.2, 0.25) is 21.8 Å². The van der Waals surface area contributed by atoms with Crippen LogP contribution in [-0.4, -0.2) is 50.5 Å². The second-order valence-corrected chi connectivity index (χ2v) is 10.4. The van der Waals surface area contributed by atoms with E-state index in [1.54, 1.807) is 19.1 Å². The quantitative estimate of drug-likeness (QED) is 0.469. The zero-order valence-corrected chi connectivity index (χ0v) is 21.6. The largest absolute Gasteiger partial charge is 0.354 e. The summed E-state index contributed by atoms with van der Waals surface area (Å²) in [6.07, 6.45) is 1.86. The standard InChI is InChI=1S/C23H28Cl2FN3O4S/c1-4-12-27-23(31)20(5-2)28(14-16-10-11-17(24)13-18(16)25)22(30)15-29(34(3,32)33)21-9-7-6-8-19(21)26/h6-11,13,20H,4-5,12,14-15H2,1-3H3,(H,27,31)/t20-/m1/s1. The van der Waals surface area contributed by atoms with Crippen LogP contribution in [0.1, 0.15) is 32.3 Å². The fourth-order valence-electron chi connectivity index (χ4n) is 3.37. The first-order valence-electron chi connectivity index (χ1n) is 10.7. The maximum atomic E-state index is 14.4. The highest BCUT2D eigenvalue weighted by atomic mass is 35.5. The van der Waals surface area contributed by atoms with E-state index in [4.69, 9.17) is 23.2 Å². The average molecular weight is 532 g/mol. The lowest BCUT2D eigenvalue weighted by Gasteiger charge is -2.33. The molecule has 0 spiro atoms. The number of carbonyl (C=O) groups excluding carboxylic acids is 2. The third kappa shape index (κ3) is 7.32. The van der Waals surface area contributed by atoms with Crippen LogP contribution in [0.3, 0.4) is 0 Å². The van der Waals surface area contributed by atoms with Gasteiger partial charge in [0.15, 0.2) is 0 Å². The molecule has 0 saturated carbocycles. The lowest BCUT2D eigenvalue weighted by Crippen LogP contribution is -2.52. The van der Waals surface area contributed by atoms with E-state index in [1.165, 1.54) is 29.2 Å². The zero-order valence-electron chi connectivity index (χ0n) is 19.2. The first kappa shape index (κ1) is 27.9. The Morgan fingerprint density at radius 3 is 2.35 bits per heavy atom. The number of hydrogen-bond donors (Lipinski definition) is 1. The van der Waals surface area contributed by atoms with E-state index >= 15 is 0 Å². The number of benzene rings is 2. The van der Waals surface area contributed by atoms with Crippen LogP contribution < -0.4 is 9.62 Å². The van der Waals surface area contributed by atoms with E-state index in [-0.39, 0.29) is 24.6 Å². The Balaban J connectivity index is 2.47. The second kappa shape index (κ2) is 12.4. The molecule has 0 heterocycles. The van der Waals surface area contributed by atoms with Gasteiger partial charge in [-0.3, -0.25) is 13.9 Å². The van der Waals surface area contributed by atoms with Crippen LogP contribution in [0.5, 0.6) is 0 Å². The second-order valence-electron chi connectivity index (χ2n) is 7.69. The van der Waals surface area contributed by atoms with Crippen molar-refractivity contribution in [2.24, 2.45) is 0 Å². The van der Waals surface area contributed by atoms with Crippen molar-refractivity contribution in [2.75, 3.05) is 23.7 Å². The van der Waals surface area contributed by atoms with E-state index in [0.29, 0.717) is 32.9 Å². The van der Waals surface area contributed by atoms with Crippen molar-refractivity contribution in [1.29, 1.82) is 0 Å². The van der Waals surface area contributed by atoms with Gasteiger partial charge in [-0.2, -0.15) is 0 Å². The van der Waals surface area contributed by atoms with Gasteiger partial charge in [0, 0.05) is 23.1 Å². The number of para-hydroxylation sites is 1. The molecule has 2 rings (SSSR count). The maximum Gasteiger partial charge on any atom is 0.244 e. The number of anilines is 1. The van der Waals surface area contributed by atoms with E-state index in [1.807, 2.05) is 6.92 Å². The molecule has 0 bridgehead atoms. The Bertz CT molecular complexity index is 1130. The minimum absolute atomic E-state index is 0.0677. The lowest BCUT2D eigenvalue weighted by atomic mass is 10.1. The van der Waals surface area contributed by atoms with Crippen molar-refractivity contribution in [3.05, 3.63) is 63.9 Å². The van der Waals surface area contributed by atoms with Crippen molar-refractivity contribution < 1.29 is 22.4 Å². The van der Waals surface area contributed by atoms with Crippen LogP contribution in [-0.2, 0) is 26.2 Å². The fourth-order valence-corrected chi connectivity index (χ4v) is 4.69. The van der Waals surface area contributed by atoms with Gasteiger partial charge in [0.05, 0.1) is 11.9 Å². The molecule has 11 heteroatoms. The Morgan fingerprint density at radius 2 is 1.79 bits per heavy atom. The van der Waals surface area contributed by atoms with Crippen molar-refractivity contribution in [3.63, 3.8) is 0 Å². The number of carbonyl (C=O) groups is 2. The van der Waals surface area contributed by atoms with Crippen molar-refractivity contribution >= 4 is 50.7 Å². The van der Waals surface area contributed by atoms with Gasteiger partial charge in [-0.25, -0.2) is 12.8 Å². The summed E-state index contributed by atoms with van der Waals surface area (Å²) in [7, 11) is -4.02. The van der Waals surface area contributed by atoms with Gasteiger partial charge in [-0.1, -0.05) is 55.2 Å². The molecule has 2 aromatic rings. The topological polar surface area (TPSA) is 86.8 Å². The molecule has 7 nitrogen and oxygen atoms in total. The highest BCUT2D eigenvalue weighted by Gasteiger charge is 2.32. The van der Waals surface area contributed by atoms with Crippen molar-refractivity contribution in [1.82, 2.24) is 10.2 Å². The lowest BCUT2D eigenvalue weighted by molar-refractivity contribution is -0.140. The number of nitrogens with zero attached hydrogens (tertiary/aromatic N) is 2. The summed E-state index contributed by atoms with van der Waals surface area (Å²) >= 11 is 12.3. The number of rotatable bonds is 11. The van der Waals surface area contributed by atoms with Crippen molar-refractivity contribution in [3.8, 4) is 0 Å². The molecular weight excluding hydrogens is 504 g/mol. The molecule has 0 aliphatic heterocycles. The number of hydrogen-bond acceptors (Lipinski definition) is 4. The summed E-state index contributed by atoms with van der Waals surface area (Å²) in [5.41, 5.74) is 0.268. The van der Waals surface area contributed by atoms with Gasteiger partial charge in [0.1, 0.15) is 18.4 Å². The molecule has 0 saturated heterocycles. The average Bonchev–Trinajstić information content (AvgIpc) is 2.77. The zero-order chi connectivity index (χ0) is 25.5. The molecule has 0 aliphatic carbocycles. The van der Waals surface area contributed by atoms with Crippen LogP contribution in [0.25, 0.3) is 0 Å². The van der Waals surface area contributed by atoms with Gasteiger partial charge < -0.3 is 10.2 Å². The summed E-state index contributed by atoms with van der Waals surface area (Å²) in [6.45, 7) is 3.30. The first-order valence-corrected chi connectivity index (χ1v) is 13.3. The predicted octanol–water partition coefficient (Wildman–Crippen LogP) is 4.23. The summed E-state index contributed by atoms with van der Waals surface area (Å²) in [4.78, 5) is 27.6. The molecule has 2 aromatic carbocycles. The number of sulfonamides is 1. The first-order chi connectivity index (χ1) is 16.0. The summed E-state index contributed by atoms with van der Waals surface area (Å²) < 4.78 is 40.1. The minimum atomic E-state index is -4.02. The van der Waals surface area contributed by atoms with Gasteiger partial charge >= 0.3 is 0 Å². The summed E-state index contributed by atoms with van der Waals surface area (Å²) in [5, 5.41) is 3.47. The van der Waals surface area contributed by atoms with Gasteiger partial charge in [-0.05, 0) is 42.7 Å². The molecule has 2 amide bonds. The van der Waals surface area contributed by atoms with Crippen molar-refractivity contribution in [2.45, 2.75) is 39.3 Å². The Kier molecular flexibility index (Phi) is 10.1. The van der Waals surface area contributed by atoms with Crippen LogP contribution >= 0.6 is 23.2 Å². The van der Waals surface area contributed by atoms with Crippen LogP contribution in [0.2, 0.25) is 10.0 Å². The molecule has 186 valence electrons. The molecule has 1 atom stereocenters. The van der Waals surface area contributed by atoms with E-state index < -0.39 is 34.3 Å². The molecule has 0 unspecified atom stereocenters. The normalized spacial score (nSPS) is 12.2. The molecule has 0 aliphatic rings. The maximum absolute atomic E-state index is 14.4. The molecule has 1 N–H and O–H groups in total. The third-order valence-electron chi connectivity index (χ3n) is 5.09. The predicted molar refractivity (Wildman–Crippen MR) is 133 cm³/mol. The summed E-state index contributed by atoms with van der Waals surface area (Å²) in [6, 6.07) is 9.12. The Labute approximate surface area is 209 Å². The molecule has 0 radical (unpaired) electrons. The van der Waals surface area contributed by atoms with Crippen LogP contribution in [0.4, 0.5) is 10.1 Å². The van der Waals surface area contributed by atoms with E-state index in [2.05, 4.69) is 5.32 Å². The highest BCUT2D eigenvalue weighted by molar-refractivity contribution is 7.92. The van der Waals surface area contributed by atoms with Gasteiger partial charge in [-0.15, -0.1) is 0 Å². The summed E-state index contributed by atoms with van der Waals surface area (Å²) in [5.74, 6) is -1.85. The van der Waals surface area contributed by atoms with Crippen LogP contribution in [0, 0.1) is 5.82 Å². The molecule has 0 fully saturated rings. The molecular formula is C23H28Cl2FN3O4S. The monoisotopic (exact) mass is 531 g/mol. The fraction of sp³-hybridized carbons (Fsp3) is 0.391. The van der Waals surface area contributed by atoms with Crippen LogP contribution in [0.15, 0.2) is 42.5 Å².